The molecule has 3 rings (SSSR count). The lowest BCUT2D eigenvalue weighted by Crippen LogP contribution is -2.22. The summed E-state index contributed by atoms with van der Waals surface area (Å²) in [5.41, 5.74) is 0.754. The Bertz CT molecular complexity index is 865. The highest BCUT2D eigenvalue weighted by Gasteiger charge is 2.09. The smallest absolute Gasteiger partial charge is 0.291 e. The molecule has 0 aliphatic heterocycles. The van der Waals surface area contributed by atoms with Crippen molar-refractivity contribution >= 4 is 22.6 Å². The van der Waals surface area contributed by atoms with Gasteiger partial charge in [-0.05, 0) is 29.3 Å². The average Bonchev–Trinajstić information content (AvgIpc) is 2.38. The standard InChI is InChI=1S/C13H8ClN3O2/c14-8-3-1-7(2-4-8)9-5-6-15-11-10(9)12(18)17-13(19)16-11/h1-6H,(H2,15,16,17,18,19). The van der Waals surface area contributed by atoms with E-state index in [0.29, 0.717) is 16.0 Å². The maximum Gasteiger partial charge on any atom is 0.327 e. The molecule has 0 radical (unpaired) electrons. The van der Waals surface area contributed by atoms with Gasteiger partial charge in [-0.3, -0.25) is 14.8 Å². The molecule has 5 nitrogen and oxygen atoms in total. The van der Waals surface area contributed by atoms with Crippen LogP contribution in [0.1, 0.15) is 0 Å². The van der Waals surface area contributed by atoms with Gasteiger partial charge >= 0.3 is 5.69 Å². The molecule has 2 heterocycles. The summed E-state index contributed by atoms with van der Waals surface area (Å²) in [4.78, 5) is 31.9. The van der Waals surface area contributed by atoms with Crippen molar-refractivity contribution in [3.05, 3.63) is 62.4 Å². The zero-order valence-corrected chi connectivity index (χ0v) is 10.4. The molecule has 3 aromatic rings. The molecule has 0 saturated carbocycles. The van der Waals surface area contributed by atoms with E-state index in [1.54, 1.807) is 24.4 Å². The number of halogens is 1. The van der Waals surface area contributed by atoms with Crippen LogP contribution >= 0.6 is 11.6 Å². The molecule has 2 aromatic heterocycles. The van der Waals surface area contributed by atoms with Gasteiger partial charge in [-0.15, -0.1) is 0 Å². The van der Waals surface area contributed by atoms with Gasteiger partial charge in [0.25, 0.3) is 5.56 Å². The minimum atomic E-state index is -0.571. The Balaban J connectivity index is 2.39. The molecule has 0 fully saturated rings. The Labute approximate surface area is 111 Å². The number of aromatic nitrogens is 3. The van der Waals surface area contributed by atoms with Crippen molar-refractivity contribution in [3.8, 4) is 11.1 Å². The summed E-state index contributed by atoms with van der Waals surface area (Å²) in [5, 5.41) is 0.967. The highest BCUT2D eigenvalue weighted by atomic mass is 35.5. The fourth-order valence-corrected chi connectivity index (χ4v) is 2.09. The van der Waals surface area contributed by atoms with Crippen LogP contribution in [0.25, 0.3) is 22.2 Å². The van der Waals surface area contributed by atoms with Crippen LogP contribution in [-0.2, 0) is 0 Å². The number of nitrogens with one attached hydrogen (secondary N) is 2. The van der Waals surface area contributed by atoms with E-state index in [1.807, 2.05) is 12.1 Å². The highest BCUT2D eigenvalue weighted by molar-refractivity contribution is 6.30. The number of nitrogens with zero attached hydrogens (tertiary/aromatic N) is 1. The molecule has 94 valence electrons. The van der Waals surface area contributed by atoms with Crippen LogP contribution in [0.4, 0.5) is 0 Å². The molecule has 0 spiro atoms. The first-order valence-corrected chi connectivity index (χ1v) is 5.90. The SMILES string of the molecule is O=c1[nH]c(=O)c2c(-c3ccc(Cl)cc3)ccnc2[nH]1. The van der Waals surface area contributed by atoms with Crippen molar-refractivity contribution < 1.29 is 0 Å². The summed E-state index contributed by atoms with van der Waals surface area (Å²) in [6.45, 7) is 0. The van der Waals surface area contributed by atoms with Gasteiger partial charge in [0.15, 0.2) is 0 Å². The second-order valence-electron chi connectivity index (χ2n) is 4.00. The number of hydrogen-bond acceptors (Lipinski definition) is 3. The molecule has 6 heteroatoms. The van der Waals surface area contributed by atoms with Crippen molar-refractivity contribution in [1.29, 1.82) is 0 Å². The lowest BCUT2D eigenvalue weighted by atomic mass is 10.0. The second-order valence-corrected chi connectivity index (χ2v) is 4.43. The number of benzene rings is 1. The van der Waals surface area contributed by atoms with Crippen molar-refractivity contribution in [2.45, 2.75) is 0 Å². The van der Waals surface area contributed by atoms with E-state index in [-0.39, 0.29) is 5.65 Å². The molecule has 1 aromatic carbocycles. The summed E-state index contributed by atoms with van der Waals surface area (Å²) < 4.78 is 0. The first kappa shape index (κ1) is 11.7. The lowest BCUT2D eigenvalue weighted by Gasteiger charge is -2.05. The van der Waals surface area contributed by atoms with E-state index in [9.17, 15) is 9.59 Å². The van der Waals surface area contributed by atoms with Crippen LogP contribution in [0.2, 0.25) is 5.02 Å². The number of aromatic amines is 2. The molecule has 2 N–H and O–H groups in total. The summed E-state index contributed by atoms with van der Waals surface area (Å²) in [5.74, 6) is 0. The van der Waals surface area contributed by atoms with E-state index in [0.717, 1.165) is 5.56 Å². The average molecular weight is 274 g/mol. The molecule has 19 heavy (non-hydrogen) atoms. The zero-order valence-electron chi connectivity index (χ0n) is 9.61. The van der Waals surface area contributed by atoms with Gasteiger partial charge in [0.05, 0.1) is 5.39 Å². The fourth-order valence-electron chi connectivity index (χ4n) is 1.96. The Hall–Kier alpha value is -2.40. The monoisotopic (exact) mass is 273 g/mol. The Kier molecular flexibility index (Phi) is 2.68. The van der Waals surface area contributed by atoms with Crippen molar-refractivity contribution in [2.24, 2.45) is 0 Å². The van der Waals surface area contributed by atoms with Crippen LogP contribution in [0.5, 0.6) is 0 Å². The zero-order chi connectivity index (χ0) is 13.4. The van der Waals surface area contributed by atoms with E-state index < -0.39 is 11.2 Å². The first-order valence-electron chi connectivity index (χ1n) is 5.52. The van der Waals surface area contributed by atoms with Crippen LogP contribution in [-0.4, -0.2) is 15.0 Å². The molecular formula is C13H8ClN3O2. The highest BCUT2D eigenvalue weighted by Crippen LogP contribution is 2.24. The molecule has 0 aliphatic carbocycles. The predicted molar refractivity (Wildman–Crippen MR) is 73.4 cm³/mol. The second kappa shape index (κ2) is 4.37. The Morgan fingerprint density at radius 2 is 1.74 bits per heavy atom. The summed E-state index contributed by atoms with van der Waals surface area (Å²) >= 11 is 5.84. The lowest BCUT2D eigenvalue weighted by molar-refractivity contribution is 1.06. The number of hydrogen-bond donors (Lipinski definition) is 2. The normalized spacial score (nSPS) is 10.8. The molecule has 0 atom stereocenters. The third kappa shape index (κ3) is 2.04. The third-order valence-electron chi connectivity index (χ3n) is 2.79. The van der Waals surface area contributed by atoms with Crippen LogP contribution < -0.4 is 11.2 Å². The quantitative estimate of drug-likeness (QED) is 0.711. The molecule has 0 unspecified atom stereocenters. The number of pyridine rings is 1. The van der Waals surface area contributed by atoms with Crippen LogP contribution in [0.3, 0.4) is 0 Å². The van der Waals surface area contributed by atoms with E-state index >= 15 is 0 Å². The first-order chi connectivity index (χ1) is 9.15. The summed E-state index contributed by atoms with van der Waals surface area (Å²) in [6.07, 6.45) is 1.54. The van der Waals surface area contributed by atoms with E-state index in [1.165, 1.54) is 0 Å². The van der Waals surface area contributed by atoms with E-state index in [2.05, 4.69) is 15.0 Å². The summed E-state index contributed by atoms with van der Waals surface area (Å²) in [6, 6.07) is 8.81. The van der Waals surface area contributed by atoms with Crippen LogP contribution in [0.15, 0.2) is 46.1 Å². The van der Waals surface area contributed by atoms with Crippen molar-refractivity contribution in [2.75, 3.05) is 0 Å². The minimum Gasteiger partial charge on any atom is -0.291 e. The molecule has 0 aliphatic rings. The van der Waals surface area contributed by atoms with Crippen LogP contribution in [0, 0.1) is 0 Å². The van der Waals surface area contributed by atoms with Gasteiger partial charge in [0.1, 0.15) is 5.65 Å². The maximum absolute atomic E-state index is 11.9. The van der Waals surface area contributed by atoms with Gasteiger partial charge in [0, 0.05) is 11.2 Å². The fraction of sp³-hybridized carbons (Fsp3) is 0. The van der Waals surface area contributed by atoms with E-state index in [4.69, 9.17) is 11.6 Å². The molecular weight excluding hydrogens is 266 g/mol. The number of fused-ring (bicyclic) bond motifs is 1. The topological polar surface area (TPSA) is 78.6 Å². The van der Waals surface area contributed by atoms with Gasteiger partial charge in [0.2, 0.25) is 0 Å². The van der Waals surface area contributed by atoms with Crippen molar-refractivity contribution in [3.63, 3.8) is 0 Å². The van der Waals surface area contributed by atoms with Gasteiger partial charge < -0.3 is 0 Å². The Morgan fingerprint density at radius 1 is 1.00 bits per heavy atom. The third-order valence-corrected chi connectivity index (χ3v) is 3.04. The predicted octanol–water partition coefficient (Wildman–Crippen LogP) is 1.93. The largest absolute Gasteiger partial charge is 0.327 e. The Morgan fingerprint density at radius 3 is 2.47 bits per heavy atom. The van der Waals surface area contributed by atoms with Crippen molar-refractivity contribution in [1.82, 2.24) is 15.0 Å². The van der Waals surface area contributed by atoms with Gasteiger partial charge in [-0.25, -0.2) is 9.78 Å². The number of rotatable bonds is 1. The van der Waals surface area contributed by atoms with Gasteiger partial charge in [-0.2, -0.15) is 0 Å². The summed E-state index contributed by atoms with van der Waals surface area (Å²) in [7, 11) is 0. The minimum absolute atomic E-state index is 0.265. The molecule has 0 amide bonds. The molecule has 0 saturated heterocycles. The molecule has 0 bridgehead atoms. The maximum atomic E-state index is 11.9. The number of H-pyrrole nitrogens is 2. The van der Waals surface area contributed by atoms with Gasteiger partial charge in [-0.1, -0.05) is 23.7 Å².